The number of benzene rings is 1. The lowest BCUT2D eigenvalue weighted by Gasteiger charge is -2.21. The highest BCUT2D eigenvalue weighted by Gasteiger charge is 2.25. The molecule has 1 fully saturated rings. The van der Waals surface area contributed by atoms with Crippen LogP contribution in [0.25, 0.3) is 16.2 Å². The van der Waals surface area contributed by atoms with E-state index in [1.165, 1.54) is 24.8 Å². The number of aliphatic hydroxyl groups is 1. The molecule has 5 heteroatoms. The maximum atomic E-state index is 9.83. The molecule has 0 bridgehead atoms. The SMILES string of the molecule is CC(C)c1ccc(-c2nc3sc(C4CCC4)nn3c2CO)cc1. The fourth-order valence-electron chi connectivity index (χ4n) is 3.02. The summed E-state index contributed by atoms with van der Waals surface area (Å²) in [6.45, 7) is 4.33. The summed E-state index contributed by atoms with van der Waals surface area (Å²) in [4.78, 5) is 5.64. The summed E-state index contributed by atoms with van der Waals surface area (Å²) in [5.41, 5.74) is 3.99. The van der Waals surface area contributed by atoms with E-state index in [-0.39, 0.29) is 6.61 Å². The molecule has 1 aromatic carbocycles. The molecule has 1 aliphatic rings. The highest BCUT2D eigenvalue weighted by atomic mass is 32.1. The van der Waals surface area contributed by atoms with Gasteiger partial charge in [-0.1, -0.05) is 55.9 Å². The van der Waals surface area contributed by atoms with Gasteiger partial charge in [-0.2, -0.15) is 5.10 Å². The number of imidazole rings is 1. The molecule has 4 rings (SSSR count). The molecule has 3 aromatic rings. The van der Waals surface area contributed by atoms with Crippen molar-refractivity contribution in [2.75, 3.05) is 0 Å². The molecule has 1 aliphatic carbocycles. The lowest BCUT2D eigenvalue weighted by molar-refractivity contribution is 0.274. The molecular formula is C18H21N3OS. The molecule has 4 nitrogen and oxygen atoms in total. The summed E-state index contributed by atoms with van der Waals surface area (Å²) in [5, 5.41) is 15.7. The van der Waals surface area contributed by atoms with Gasteiger partial charge in [0.1, 0.15) is 5.01 Å². The van der Waals surface area contributed by atoms with Gasteiger partial charge in [0.05, 0.1) is 18.0 Å². The predicted molar refractivity (Wildman–Crippen MR) is 92.9 cm³/mol. The predicted octanol–water partition coefficient (Wildman–Crippen LogP) is 4.34. The summed E-state index contributed by atoms with van der Waals surface area (Å²) >= 11 is 1.66. The van der Waals surface area contributed by atoms with E-state index >= 15 is 0 Å². The van der Waals surface area contributed by atoms with Crippen LogP contribution in [0.4, 0.5) is 0 Å². The number of rotatable bonds is 4. The first-order valence-electron chi connectivity index (χ1n) is 8.27. The van der Waals surface area contributed by atoms with Crippen LogP contribution in [0, 0.1) is 0 Å². The Hall–Kier alpha value is -1.72. The highest BCUT2D eigenvalue weighted by Crippen LogP contribution is 2.39. The third-order valence-corrected chi connectivity index (χ3v) is 5.84. The van der Waals surface area contributed by atoms with Crippen LogP contribution in [0.1, 0.15) is 61.2 Å². The molecular weight excluding hydrogens is 306 g/mol. The van der Waals surface area contributed by atoms with Crippen molar-refractivity contribution in [3.63, 3.8) is 0 Å². The van der Waals surface area contributed by atoms with Crippen molar-refractivity contribution >= 4 is 16.3 Å². The second-order valence-electron chi connectivity index (χ2n) is 6.60. The Morgan fingerprint density at radius 2 is 2.00 bits per heavy atom. The van der Waals surface area contributed by atoms with E-state index in [1.54, 1.807) is 11.3 Å². The van der Waals surface area contributed by atoms with Crippen molar-refractivity contribution in [2.45, 2.75) is 51.6 Å². The molecule has 0 unspecified atom stereocenters. The minimum Gasteiger partial charge on any atom is -0.390 e. The van der Waals surface area contributed by atoms with Crippen LogP contribution in [-0.4, -0.2) is 19.7 Å². The first kappa shape index (κ1) is 14.8. The Morgan fingerprint density at radius 1 is 1.26 bits per heavy atom. The van der Waals surface area contributed by atoms with Crippen molar-refractivity contribution in [3.05, 3.63) is 40.5 Å². The van der Waals surface area contributed by atoms with Gasteiger partial charge >= 0.3 is 0 Å². The van der Waals surface area contributed by atoms with E-state index in [9.17, 15) is 5.11 Å². The smallest absolute Gasteiger partial charge is 0.213 e. The molecule has 0 amide bonds. The van der Waals surface area contributed by atoms with Gasteiger partial charge in [-0.15, -0.1) is 0 Å². The van der Waals surface area contributed by atoms with Gasteiger partial charge in [0.15, 0.2) is 0 Å². The van der Waals surface area contributed by atoms with Gasteiger partial charge in [-0.25, -0.2) is 9.50 Å². The van der Waals surface area contributed by atoms with Crippen LogP contribution < -0.4 is 0 Å². The second-order valence-corrected chi connectivity index (χ2v) is 7.59. The third-order valence-electron chi connectivity index (χ3n) is 4.77. The first-order chi connectivity index (χ1) is 11.2. The monoisotopic (exact) mass is 327 g/mol. The van der Waals surface area contributed by atoms with Crippen molar-refractivity contribution in [1.82, 2.24) is 14.6 Å². The van der Waals surface area contributed by atoms with Crippen LogP contribution in [0.3, 0.4) is 0 Å². The molecule has 23 heavy (non-hydrogen) atoms. The van der Waals surface area contributed by atoms with E-state index in [2.05, 4.69) is 38.1 Å². The first-order valence-corrected chi connectivity index (χ1v) is 9.08. The van der Waals surface area contributed by atoms with Crippen LogP contribution in [-0.2, 0) is 6.61 Å². The van der Waals surface area contributed by atoms with Gasteiger partial charge in [0.2, 0.25) is 4.96 Å². The van der Waals surface area contributed by atoms with E-state index in [0.717, 1.165) is 26.9 Å². The number of aliphatic hydroxyl groups excluding tert-OH is 1. The van der Waals surface area contributed by atoms with Gasteiger partial charge < -0.3 is 5.11 Å². The summed E-state index contributed by atoms with van der Waals surface area (Å²) in [6, 6.07) is 8.46. The zero-order valence-electron chi connectivity index (χ0n) is 13.5. The molecule has 120 valence electrons. The molecule has 0 spiro atoms. The van der Waals surface area contributed by atoms with Crippen molar-refractivity contribution < 1.29 is 5.11 Å². The Balaban J connectivity index is 1.75. The Bertz CT molecular complexity index is 828. The molecule has 0 aliphatic heterocycles. The average molecular weight is 327 g/mol. The van der Waals surface area contributed by atoms with Crippen LogP contribution >= 0.6 is 11.3 Å². The number of fused-ring (bicyclic) bond motifs is 1. The van der Waals surface area contributed by atoms with E-state index in [4.69, 9.17) is 10.1 Å². The summed E-state index contributed by atoms with van der Waals surface area (Å²) < 4.78 is 1.84. The highest BCUT2D eigenvalue weighted by molar-refractivity contribution is 7.16. The minimum absolute atomic E-state index is 0.0454. The number of nitrogens with zero attached hydrogens (tertiary/aromatic N) is 3. The Kier molecular flexibility index (Phi) is 3.70. The molecule has 2 aromatic heterocycles. The third kappa shape index (κ3) is 2.48. The van der Waals surface area contributed by atoms with Crippen LogP contribution in [0.2, 0.25) is 0 Å². The van der Waals surface area contributed by atoms with E-state index in [1.807, 2.05) is 4.52 Å². The Morgan fingerprint density at radius 3 is 2.57 bits per heavy atom. The lowest BCUT2D eigenvalue weighted by Crippen LogP contribution is -2.09. The number of hydrogen-bond acceptors (Lipinski definition) is 4. The zero-order valence-corrected chi connectivity index (χ0v) is 14.3. The average Bonchev–Trinajstić information content (AvgIpc) is 3.02. The van der Waals surface area contributed by atoms with Gasteiger partial charge in [0, 0.05) is 11.5 Å². The summed E-state index contributed by atoms with van der Waals surface area (Å²) in [5.74, 6) is 1.11. The van der Waals surface area contributed by atoms with E-state index < -0.39 is 0 Å². The maximum Gasteiger partial charge on any atom is 0.213 e. The van der Waals surface area contributed by atoms with E-state index in [0.29, 0.717) is 11.8 Å². The molecule has 2 heterocycles. The molecule has 1 N–H and O–H groups in total. The topological polar surface area (TPSA) is 50.4 Å². The second kappa shape index (κ2) is 5.73. The van der Waals surface area contributed by atoms with Gasteiger partial charge in [-0.05, 0) is 24.3 Å². The van der Waals surface area contributed by atoms with Crippen molar-refractivity contribution in [1.29, 1.82) is 0 Å². The van der Waals surface area contributed by atoms with Crippen molar-refractivity contribution in [3.8, 4) is 11.3 Å². The summed E-state index contributed by atoms with van der Waals surface area (Å²) in [7, 11) is 0. The van der Waals surface area contributed by atoms with Gasteiger partial charge in [0.25, 0.3) is 0 Å². The largest absolute Gasteiger partial charge is 0.390 e. The standard InChI is InChI=1S/C18H21N3OS/c1-11(2)12-6-8-13(9-7-12)16-15(10-22)21-18(19-16)23-17(20-21)14-4-3-5-14/h6-9,11,14,22H,3-5,10H2,1-2H3. The van der Waals surface area contributed by atoms with Crippen LogP contribution in [0.5, 0.6) is 0 Å². The van der Waals surface area contributed by atoms with Crippen molar-refractivity contribution in [2.24, 2.45) is 0 Å². The normalized spacial score (nSPS) is 15.5. The Labute approximate surface area is 139 Å². The number of aromatic nitrogens is 3. The molecule has 0 atom stereocenters. The van der Waals surface area contributed by atoms with Crippen LogP contribution in [0.15, 0.2) is 24.3 Å². The molecule has 0 saturated heterocycles. The van der Waals surface area contributed by atoms with Gasteiger partial charge in [-0.3, -0.25) is 0 Å². The number of hydrogen-bond donors (Lipinski definition) is 1. The molecule has 0 radical (unpaired) electrons. The fraction of sp³-hybridized carbons (Fsp3) is 0.444. The minimum atomic E-state index is -0.0454. The zero-order chi connectivity index (χ0) is 16.0. The summed E-state index contributed by atoms with van der Waals surface area (Å²) in [6.07, 6.45) is 3.76. The fourth-order valence-corrected chi connectivity index (χ4v) is 4.11. The molecule has 1 saturated carbocycles. The quantitative estimate of drug-likeness (QED) is 0.775. The maximum absolute atomic E-state index is 9.83. The lowest BCUT2D eigenvalue weighted by atomic mass is 9.86.